The molecule has 0 aromatic carbocycles. The number of aryl methyl sites for hydroxylation is 1. The molecule has 1 saturated heterocycles. The molecule has 0 saturated carbocycles. The Bertz CT molecular complexity index is 345. The van der Waals surface area contributed by atoms with Gasteiger partial charge in [-0.1, -0.05) is 6.92 Å². The lowest BCUT2D eigenvalue weighted by Crippen LogP contribution is -2.41. The molecule has 0 bridgehead atoms. The van der Waals surface area contributed by atoms with Crippen LogP contribution in [0.5, 0.6) is 0 Å². The average Bonchev–Trinajstić information content (AvgIpc) is 2.76. The van der Waals surface area contributed by atoms with Crippen LogP contribution < -0.4 is 0 Å². The Morgan fingerprint density at radius 1 is 1.35 bits per heavy atom. The Labute approximate surface area is 104 Å². The third-order valence-corrected chi connectivity index (χ3v) is 4.30. The molecule has 3 nitrogen and oxygen atoms in total. The van der Waals surface area contributed by atoms with Gasteiger partial charge < -0.3 is 9.67 Å². The topological polar surface area (TPSA) is 28.4 Å². The summed E-state index contributed by atoms with van der Waals surface area (Å²) in [4.78, 5) is 2.50. The van der Waals surface area contributed by atoms with Crippen molar-refractivity contribution in [1.29, 1.82) is 0 Å². The first-order valence-electron chi connectivity index (χ1n) is 6.61. The summed E-state index contributed by atoms with van der Waals surface area (Å²) in [5.41, 5.74) is 1.59. The van der Waals surface area contributed by atoms with Crippen molar-refractivity contribution >= 4 is 0 Å². The maximum absolute atomic E-state index is 9.50. The van der Waals surface area contributed by atoms with Crippen LogP contribution in [0.3, 0.4) is 0 Å². The summed E-state index contributed by atoms with van der Waals surface area (Å²) in [6, 6.07) is 2.19. The predicted molar refractivity (Wildman–Crippen MR) is 69.7 cm³/mol. The highest BCUT2D eigenvalue weighted by Gasteiger charge is 2.32. The van der Waals surface area contributed by atoms with E-state index in [1.54, 1.807) is 0 Å². The average molecular weight is 236 g/mol. The van der Waals surface area contributed by atoms with Crippen molar-refractivity contribution in [3.63, 3.8) is 0 Å². The Balaban J connectivity index is 1.87. The molecule has 0 unspecified atom stereocenters. The van der Waals surface area contributed by atoms with E-state index in [9.17, 15) is 5.11 Å². The quantitative estimate of drug-likeness (QED) is 0.866. The molecule has 1 aliphatic heterocycles. The molecule has 1 aromatic heterocycles. The van der Waals surface area contributed by atoms with Crippen LogP contribution in [-0.2, 0) is 13.6 Å². The zero-order valence-corrected chi connectivity index (χ0v) is 11.0. The van der Waals surface area contributed by atoms with Crippen LogP contribution in [0.25, 0.3) is 0 Å². The van der Waals surface area contributed by atoms with Gasteiger partial charge in [-0.05, 0) is 49.4 Å². The Morgan fingerprint density at radius 3 is 2.53 bits per heavy atom. The molecular formula is C14H24N2O. The second-order valence-electron chi connectivity index (χ2n) is 5.47. The molecule has 1 fully saturated rings. The number of aromatic nitrogens is 1. The lowest BCUT2D eigenvalue weighted by atomic mass is 9.77. The van der Waals surface area contributed by atoms with Crippen molar-refractivity contribution in [3.05, 3.63) is 24.0 Å². The van der Waals surface area contributed by atoms with Crippen molar-refractivity contribution < 1.29 is 5.11 Å². The minimum Gasteiger partial charge on any atom is -0.396 e. The van der Waals surface area contributed by atoms with E-state index in [1.165, 1.54) is 5.56 Å². The molecule has 1 aromatic rings. The smallest absolute Gasteiger partial charge is 0.0488 e. The predicted octanol–water partition coefficient (Wildman–Crippen LogP) is 2.01. The Morgan fingerprint density at radius 2 is 2.06 bits per heavy atom. The first-order valence-corrected chi connectivity index (χ1v) is 6.61. The van der Waals surface area contributed by atoms with Gasteiger partial charge in [0.05, 0.1) is 0 Å². The zero-order valence-electron chi connectivity index (χ0n) is 11.0. The highest BCUT2D eigenvalue weighted by molar-refractivity contribution is 5.09. The lowest BCUT2D eigenvalue weighted by molar-refractivity contribution is 0.0382. The number of nitrogens with zero attached hydrogens (tertiary/aromatic N) is 2. The van der Waals surface area contributed by atoms with E-state index < -0.39 is 0 Å². The number of aliphatic hydroxyl groups excluding tert-OH is 1. The minimum absolute atomic E-state index is 0.202. The van der Waals surface area contributed by atoms with E-state index in [4.69, 9.17) is 0 Å². The van der Waals surface area contributed by atoms with E-state index in [0.717, 1.165) is 38.9 Å². The first kappa shape index (κ1) is 12.7. The summed E-state index contributed by atoms with van der Waals surface area (Å²) in [6.07, 6.45) is 7.65. The Hall–Kier alpha value is -0.800. The lowest BCUT2D eigenvalue weighted by Gasteiger charge is -2.40. The molecule has 0 radical (unpaired) electrons. The SMILES string of the molecule is CCC1(CO)CCN(Cc2ccn(C)c2)CC1. The summed E-state index contributed by atoms with van der Waals surface area (Å²) < 4.78 is 2.10. The van der Waals surface area contributed by atoms with E-state index in [2.05, 4.69) is 41.9 Å². The number of hydrogen-bond donors (Lipinski definition) is 1. The molecule has 2 heterocycles. The molecule has 96 valence electrons. The number of aliphatic hydroxyl groups is 1. The van der Waals surface area contributed by atoms with Gasteiger partial charge in [0.1, 0.15) is 0 Å². The van der Waals surface area contributed by atoms with Crippen LogP contribution in [-0.4, -0.2) is 34.3 Å². The monoisotopic (exact) mass is 236 g/mol. The van der Waals surface area contributed by atoms with E-state index in [1.807, 2.05) is 0 Å². The highest BCUT2D eigenvalue weighted by atomic mass is 16.3. The molecule has 0 amide bonds. The summed E-state index contributed by atoms with van der Waals surface area (Å²) in [5, 5.41) is 9.50. The van der Waals surface area contributed by atoms with Crippen molar-refractivity contribution in [2.75, 3.05) is 19.7 Å². The van der Waals surface area contributed by atoms with Crippen LogP contribution >= 0.6 is 0 Å². The summed E-state index contributed by atoms with van der Waals surface area (Å²) >= 11 is 0. The van der Waals surface area contributed by atoms with Crippen LogP contribution in [0.1, 0.15) is 31.7 Å². The van der Waals surface area contributed by atoms with Crippen molar-refractivity contribution in [1.82, 2.24) is 9.47 Å². The molecule has 0 aliphatic carbocycles. The molecule has 17 heavy (non-hydrogen) atoms. The van der Waals surface area contributed by atoms with Gasteiger partial charge in [0.25, 0.3) is 0 Å². The number of piperidine rings is 1. The molecule has 3 heteroatoms. The van der Waals surface area contributed by atoms with Crippen LogP contribution in [0.2, 0.25) is 0 Å². The molecule has 0 atom stereocenters. The number of likely N-dealkylation sites (tertiary alicyclic amines) is 1. The number of hydrogen-bond acceptors (Lipinski definition) is 2. The fraction of sp³-hybridized carbons (Fsp3) is 0.714. The highest BCUT2D eigenvalue weighted by Crippen LogP contribution is 2.34. The molecule has 1 N–H and O–H groups in total. The third kappa shape index (κ3) is 2.90. The van der Waals surface area contributed by atoms with Crippen molar-refractivity contribution in [2.24, 2.45) is 12.5 Å². The molecule has 2 rings (SSSR count). The maximum Gasteiger partial charge on any atom is 0.0488 e. The van der Waals surface area contributed by atoms with Gasteiger partial charge in [0.15, 0.2) is 0 Å². The minimum atomic E-state index is 0.202. The van der Waals surface area contributed by atoms with Gasteiger partial charge in [-0.3, -0.25) is 4.90 Å². The summed E-state index contributed by atoms with van der Waals surface area (Å²) in [7, 11) is 2.06. The van der Waals surface area contributed by atoms with E-state index in [-0.39, 0.29) is 5.41 Å². The molecule has 0 spiro atoms. The van der Waals surface area contributed by atoms with Gasteiger partial charge in [-0.2, -0.15) is 0 Å². The maximum atomic E-state index is 9.50. The standard InChI is InChI=1S/C14H24N2O/c1-3-14(12-17)5-8-16(9-6-14)11-13-4-7-15(2)10-13/h4,7,10,17H,3,5-6,8-9,11-12H2,1-2H3. The van der Waals surface area contributed by atoms with Gasteiger partial charge in [-0.25, -0.2) is 0 Å². The van der Waals surface area contributed by atoms with Crippen molar-refractivity contribution in [3.8, 4) is 0 Å². The summed E-state index contributed by atoms with van der Waals surface area (Å²) in [6.45, 7) is 5.82. The molecular weight excluding hydrogens is 212 g/mol. The fourth-order valence-corrected chi connectivity index (χ4v) is 2.72. The van der Waals surface area contributed by atoms with E-state index >= 15 is 0 Å². The molecule has 1 aliphatic rings. The third-order valence-electron chi connectivity index (χ3n) is 4.30. The first-order chi connectivity index (χ1) is 8.17. The van der Waals surface area contributed by atoms with Crippen LogP contribution in [0, 0.1) is 5.41 Å². The van der Waals surface area contributed by atoms with Gasteiger partial charge in [0.2, 0.25) is 0 Å². The second-order valence-corrected chi connectivity index (χ2v) is 5.47. The second kappa shape index (κ2) is 5.23. The van der Waals surface area contributed by atoms with Crippen LogP contribution in [0.15, 0.2) is 18.5 Å². The normalized spacial score (nSPS) is 20.6. The fourth-order valence-electron chi connectivity index (χ4n) is 2.72. The van der Waals surface area contributed by atoms with Gasteiger partial charge in [-0.15, -0.1) is 0 Å². The van der Waals surface area contributed by atoms with E-state index in [0.29, 0.717) is 6.61 Å². The number of rotatable bonds is 4. The van der Waals surface area contributed by atoms with Gasteiger partial charge >= 0.3 is 0 Å². The van der Waals surface area contributed by atoms with Crippen molar-refractivity contribution in [2.45, 2.75) is 32.7 Å². The van der Waals surface area contributed by atoms with Gasteiger partial charge in [0, 0.05) is 32.6 Å². The zero-order chi connectivity index (χ0) is 12.3. The van der Waals surface area contributed by atoms with Crippen LogP contribution in [0.4, 0.5) is 0 Å². The summed E-state index contributed by atoms with van der Waals surface area (Å²) in [5.74, 6) is 0. The Kier molecular flexibility index (Phi) is 3.89. The largest absolute Gasteiger partial charge is 0.396 e.